The van der Waals surface area contributed by atoms with E-state index in [1.165, 1.54) is 25.7 Å². The molecular weight excluding hydrogens is 204 g/mol. The highest BCUT2D eigenvalue weighted by atomic mass is 16.7. The molecule has 0 aromatic rings. The van der Waals surface area contributed by atoms with E-state index in [2.05, 4.69) is 6.92 Å². The summed E-state index contributed by atoms with van der Waals surface area (Å²) in [5.74, 6) is 1.56. The van der Waals surface area contributed by atoms with Gasteiger partial charge >= 0.3 is 0 Å². The van der Waals surface area contributed by atoms with Gasteiger partial charge in [0.05, 0.1) is 12.2 Å². The maximum Gasteiger partial charge on any atom is 0.242 e. The Bertz CT molecular complexity index is 287. The van der Waals surface area contributed by atoms with Gasteiger partial charge in [0.1, 0.15) is 12.0 Å². The Kier molecular flexibility index (Phi) is 2.80. The van der Waals surface area contributed by atoms with Gasteiger partial charge in [0.15, 0.2) is 0 Å². The van der Waals surface area contributed by atoms with E-state index in [4.69, 9.17) is 14.2 Å². The van der Waals surface area contributed by atoms with Gasteiger partial charge in [-0.1, -0.05) is 13.3 Å². The molecule has 0 amide bonds. The van der Waals surface area contributed by atoms with Crippen molar-refractivity contribution in [1.29, 1.82) is 0 Å². The van der Waals surface area contributed by atoms with Crippen LogP contribution in [0.15, 0.2) is 12.0 Å². The molecule has 0 aromatic heterocycles. The number of allylic oxidation sites excluding steroid dienone is 1. The summed E-state index contributed by atoms with van der Waals surface area (Å²) in [5.41, 5.74) is 0. The van der Waals surface area contributed by atoms with E-state index in [0.717, 1.165) is 18.6 Å². The Morgan fingerprint density at radius 3 is 3.06 bits per heavy atom. The Hall–Kier alpha value is -0.700. The highest BCUT2D eigenvalue weighted by Gasteiger charge is 2.47. The zero-order valence-electron chi connectivity index (χ0n) is 9.85. The van der Waals surface area contributed by atoms with Crippen LogP contribution in [0.5, 0.6) is 0 Å². The lowest BCUT2D eigenvalue weighted by molar-refractivity contribution is -0.0831. The maximum absolute atomic E-state index is 5.85. The standard InChI is InChI=1S/C13H20O3/c1-2-3-4-10-8-14-13(15-10)9-5-6-11-12(7-9)16-11/h8-9,11-13H,2-7H2,1H3. The van der Waals surface area contributed by atoms with Gasteiger partial charge in [-0.15, -0.1) is 0 Å². The quantitative estimate of drug-likeness (QED) is 0.688. The molecule has 2 aliphatic heterocycles. The summed E-state index contributed by atoms with van der Waals surface area (Å²) >= 11 is 0. The Morgan fingerprint density at radius 2 is 2.25 bits per heavy atom. The normalized spacial score (nSPS) is 40.7. The van der Waals surface area contributed by atoms with Crippen molar-refractivity contribution in [3.63, 3.8) is 0 Å². The van der Waals surface area contributed by atoms with Crippen LogP contribution < -0.4 is 0 Å². The van der Waals surface area contributed by atoms with E-state index in [1.54, 1.807) is 0 Å². The Morgan fingerprint density at radius 1 is 1.31 bits per heavy atom. The predicted molar refractivity (Wildman–Crippen MR) is 59.6 cm³/mol. The minimum Gasteiger partial charge on any atom is -0.459 e. The third-order valence-corrected chi connectivity index (χ3v) is 3.81. The van der Waals surface area contributed by atoms with Gasteiger partial charge in [-0.25, -0.2) is 0 Å². The molecule has 4 atom stereocenters. The van der Waals surface area contributed by atoms with E-state index < -0.39 is 0 Å². The van der Waals surface area contributed by atoms with Crippen molar-refractivity contribution in [2.24, 2.45) is 5.92 Å². The number of ether oxygens (including phenoxy) is 3. The van der Waals surface area contributed by atoms with Crippen LogP contribution in [0.2, 0.25) is 0 Å². The van der Waals surface area contributed by atoms with Crippen molar-refractivity contribution in [2.45, 2.75) is 63.9 Å². The van der Waals surface area contributed by atoms with E-state index in [0.29, 0.717) is 18.1 Å². The highest BCUT2D eigenvalue weighted by Crippen LogP contribution is 2.42. The van der Waals surface area contributed by atoms with Gasteiger partial charge in [0, 0.05) is 12.3 Å². The van der Waals surface area contributed by atoms with Crippen LogP contribution in [0, 0.1) is 5.92 Å². The molecule has 3 aliphatic rings. The van der Waals surface area contributed by atoms with E-state index >= 15 is 0 Å². The number of epoxide rings is 1. The summed E-state index contributed by atoms with van der Waals surface area (Å²) in [6.45, 7) is 2.19. The second-order valence-corrected chi connectivity index (χ2v) is 5.10. The van der Waals surface area contributed by atoms with E-state index in [9.17, 15) is 0 Å². The number of rotatable bonds is 4. The fourth-order valence-corrected chi connectivity index (χ4v) is 2.71. The first-order valence-electron chi connectivity index (χ1n) is 6.53. The lowest BCUT2D eigenvalue weighted by atomic mass is 9.89. The first-order valence-corrected chi connectivity index (χ1v) is 6.53. The van der Waals surface area contributed by atoms with Crippen LogP contribution in [-0.2, 0) is 14.2 Å². The van der Waals surface area contributed by atoms with Crippen LogP contribution in [0.25, 0.3) is 0 Å². The molecule has 4 unspecified atom stereocenters. The van der Waals surface area contributed by atoms with Crippen molar-refractivity contribution in [3.05, 3.63) is 12.0 Å². The highest BCUT2D eigenvalue weighted by molar-refractivity contribution is 4.98. The molecule has 3 rings (SSSR count). The number of fused-ring (bicyclic) bond motifs is 1. The zero-order chi connectivity index (χ0) is 11.0. The van der Waals surface area contributed by atoms with Crippen LogP contribution in [-0.4, -0.2) is 18.5 Å². The fourth-order valence-electron chi connectivity index (χ4n) is 2.71. The van der Waals surface area contributed by atoms with Gasteiger partial charge in [0.25, 0.3) is 0 Å². The molecule has 1 aliphatic carbocycles. The number of hydrogen-bond acceptors (Lipinski definition) is 3. The molecule has 1 saturated carbocycles. The summed E-state index contributed by atoms with van der Waals surface area (Å²) in [6.07, 6.45) is 9.73. The Labute approximate surface area is 96.8 Å². The number of hydrogen-bond donors (Lipinski definition) is 0. The van der Waals surface area contributed by atoms with Gasteiger partial charge < -0.3 is 14.2 Å². The molecule has 0 aromatic carbocycles. The van der Waals surface area contributed by atoms with Gasteiger partial charge in [0.2, 0.25) is 6.29 Å². The maximum atomic E-state index is 5.85. The lowest BCUT2D eigenvalue weighted by Gasteiger charge is -2.24. The van der Waals surface area contributed by atoms with E-state index in [1.807, 2.05) is 6.26 Å². The van der Waals surface area contributed by atoms with E-state index in [-0.39, 0.29) is 6.29 Å². The summed E-state index contributed by atoms with van der Waals surface area (Å²) in [6, 6.07) is 0. The largest absolute Gasteiger partial charge is 0.459 e. The smallest absolute Gasteiger partial charge is 0.242 e. The molecule has 1 saturated heterocycles. The topological polar surface area (TPSA) is 31.0 Å². The molecule has 2 heterocycles. The molecule has 0 radical (unpaired) electrons. The van der Waals surface area contributed by atoms with Crippen molar-refractivity contribution in [1.82, 2.24) is 0 Å². The van der Waals surface area contributed by atoms with Crippen molar-refractivity contribution in [3.8, 4) is 0 Å². The molecule has 0 spiro atoms. The average molecular weight is 224 g/mol. The minimum atomic E-state index is -0.0305. The summed E-state index contributed by atoms with van der Waals surface area (Å²) in [5, 5.41) is 0. The second kappa shape index (κ2) is 4.28. The van der Waals surface area contributed by atoms with Crippen LogP contribution in [0.3, 0.4) is 0 Å². The molecule has 2 fully saturated rings. The molecule has 3 heteroatoms. The summed E-state index contributed by atoms with van der Waals surface area (Å²) in [4.78, 5) is 0. The minimum absolute atomic E-state index is 0.0305. The summed E-state index contributed by atoms with van der Waals surface area (Å²) < 4.78 is 17.0. The van der Waals surface area contributed by atoms with Crippen LogP contribution in [0.4, 0.5) is 0 Å². The first-order chi connectivity index (χ1) is 7.86. The first kappa shape index (κ1) is 10.5. The molecule has 0 bridgehead atoms. The molecule has 3 nitrogen and oxygen atoms in total. The molecule has 16 heavy (non-hydrogen) atoms. The number of unbranched alkanes of at least 4 members (excludes halogenated alkanes) is 1. The fraction of sp³-hybridized carbons (Fsp3) is 0.846. The Balaban J connectivity index is 1.47. The van der Waals surface area contributed by atoms with Crippen LogP contribution in [0.1, 0.15) is 45.4 Å². The lowest BCUT2D eigenvalue weighted by Crippen LogP contribution is -2.27. The van der Waals surface area contributed by atoms with Gasteiger partial charge in [-0.2, -0.15) is 0 Å². The second-order valence-electron chi connectivity index (χ2n) is 5.10. The van der Waals surface area contributed by atoms with Crippen molar-refractivity contribution < 1.29 is 14.2 Å². The third-order valence-electron chi connectivity index (χ3n) is 3.81. The summed E-state index contributed by atoms with van der Waals surface area (Å²) in [7, 11) is 0. The predicted octanol–water partition coefficient (Wildman–Crippen LogP) is 2.96. The molecule has 0 N–H and O–H groups in total. The average Bonchev–Trinajstić information content (AvgIpc) is 2.94. The zero-order valence-corrected chi connectivity index (χ0v) is 9.85. The molecule has 90 valence electrons. The van der Waals surface area contributed by atoms with Crippen molar-refractivity contribution >= 4 is 0 Å². The molecular formula is C13H20O3. The van der Waals surface area contributed by atoms with Gasteiger partial charge in [-0.05, 0) is 25.7 Å². The van der Waals surface area contributed by atoms with Crippen LogP contribution >= 0.6 is 0 Å². The monoisotopic (exact) mass is 224 g/mol. The SMILES string of the molecule is CCCCC1=COC(C2CCC3OC3C2)O1. The third kappa shape index (κ3) is 2.05. The van der Waals surface area contributed by atoms with Gasteiger partial charge in [-0.3, -0.25) is 0 Å². The van der Waals surface area contributed by atoms with Crippen molar-refractivity contribution in [2.75, 3.05) is 0 Å².